The van der Waals surface area contributed by atoms with Crippen molar-refractivity contribution >= 4 is 17.5 Å². The van der Waals surface area contributed by atoms with E-state index >= 15 is 0 Å². The van der Waals surface area contributed by atoms with Crippen molar-refractivity contribution < 1.29 is 22.8 Å². The van der Waals surface area contributed by atoms with Crippen LogP contribution in [-0.4, -0.2) is 17.9 Å². The molecule has 0 bridgehead atoms. The summed E-state index contributed by atoms with van der Waals surface area (Å²) in [5, 5.41) is 4.42. The van der Waals surface area contributed by atoms with Crippen molar-refractivity contribution in [1.82, 2.24) is 5.32 Å². The summed E-state index contributed by atoms with van der Waals surface area (Å²) in [5.41, 5.74) is -0.574. The maximum Gasteiger partial charge on any atom is 0.313 e. The van der Waals surface area contributed by atoms with Gasteiger partial charge >= 0.3 is 11.8 Å². The predicted octanol–water partition coefficient (Wildman–Crippen LogP) is 2.10. The molecule has 0 heterocycles. The molecule has 1 saturated carbocycles. The maximum absolute atomic E-state index is 13.3. The van der Waals surface area contributed by atoms with Crippen LogP contribution in [0.25, 0.3) is 0 Å². The zero-order chi connectivity index (χ0) is 14.7. The third kappa shape index (κ3) is 3.09. The summed E-state index contributed by atoms with van der Waals surface area (Å²) in [5.74, 6) is -6.62. The summed E-state index contributed by atoms with van der Waals surface area (Å²) >= 11 is 0. The van der Waals surface area contributed by atoms with Gasteiger partial charge in [-0.1, -0.05) is 12.8 Å². The van der Waals surface area contributed by atoms with Gasteiger partial charge in [-0.15, -0.1) is 0 Å². The molecule has 4 nitrogen and oxygen atoms in total. The van der Waals surface area contributed by atoms with E-state index in [-0.39, 0.29) is 6.04 Å². The fourth-order valence-corrected chi connectivity index (χ4v) is 2.12. The first-order valence-electron chi connectivity index (χ1n) is 6.24. The molecule has 7 heteroatoms. The third-order valence-corrected chi connectivity index (χ3v) is 3.18. The van der Waals surface area contributed by atoms with Crippen LogP contribution in [0.15, 0.2) is 12.1 Å². The molecule has 2 amide bonds. The van der Waals surface area contributed by atoms with Crippen molar-refractivity contribution in [2.75, 3.05) is 5.32 Å². The molecular weight excluding hydrogens is 273 g/mol. The molecule has 0 atom stereocenters. The number of nitrogens with one attached hydrogen (secondary N) is 2. The van der Waals surface area contributed by atoms with Gasteiger partial charge in [-0.25, -0.2) is 13.2 Å². The van der Waals surface area contributed by atoms with Gasteiger partial charge in [0.05, 0.1) is 5.69 Å². The highest BCUT2D eigenvalue weighted by Crippen LogP contribution is 2.20. The molecule has 0 radical (unpaired) electrons. The topological polar surface area (TPSA) is 58.2 Å². The zero-order valence-electron chi connectivity index (χ0n) is 10.5. The average molecular weight is 286 g/mol. The van der Waals surface area contributed by atoms with E-state index in [1.807, 2.05) is 5.32 Å². The Morgan fingerprint density at radius 2 is 1.65 bits per heavy atom. The zero-order valence-corrected chi connectivity index (χ0v) is 10.5. The van der Waals surface area contributed by atoms with Crippen LogP contribution in [0.4, 0.5) is 18.9 Å². The molecule has 108 valence electrons. The molecule has 20 heavy (non-hydrogen) atoms. The molecule has 0 unspecified atom stereocenters. The SMILES string of the molecule is O=C(Nc1ccc(F)c(F)c1F)C(=O)NC1CCCC1. The molecule has 1 aromatic rings. The number of hydrogen-bond acceptors (Lipinski definition) is 2. The van der Waals surface area contributed by atoms with E-state index in [1.165, 1.54) is 0 Å². The van der Waals surface area contributed by atoms with Crippen molar-refractivity contribution in [3.8, 4) is 0 Å². The van der Waals surface area contributed by atoms with Gasteiger partial charge < -0.3 is 10.6 Å². The van der Waals surface area contributed by atoms with Gasteiger partial charge in [-0.3, -0.25) is 9.59 Å². The Hall–Kier alpha value is -2.05. The van der Waals surface area contributed by atoms with Crippen LogP contribution in [0.5, 0.6) is 0 Å². The number of hydrogen-bond donors (Lipinski definition) is 2. The van der Waals surface area contributed by atoms with Gasteiger partial charge in [0.2, 0.25) is 0 Å². The Morgan fingerprint density at radius 1 is 1.00 bits per heavy atom. The van der Waals surface area contributed by atoms with Crippen LogP contribution in [0.3, 0.4) is 0 Å². The molecule has 2 rings (SSSR count). The first-order valence-corrected chi connectivity index (χ1v) is 6.24. The normalized spacial score (nSPS) is 15.2. The molecule has 2 N–H and O–H groups in total. The van der Waals surface area contributed by atoms with E-state index in [4.69, 9.17) is 0 Å². The molecule has 0 saturated heterocycles. The molecule has 0 spiro atoms. The van der Waals surface area contributed by atoms with E-state index in [2.05, 4.69) is 5.32 Å². The molecule has 1 aliphatic carbocycles. The number of carbonyl (C=O) groups is 2. The fourth-order valence-electron chi connectivity index (χ4n) is 2.12. The second-order valence-electron chi connectivity index (χ2n) is 4.63. The van der Waals surface area contributed by atoms with Crippen molar-refractivity contribution in [1.29, 1.82) is 0 Å². The lowest BCUT2D eigenvalue weighted by Gasteiger charge is -2.12. The standard InChI is InChI=1S/C13H13F3N2O2/c14-8-5-6-9(11(16)10(8)15)18-13(20)12(19)17-7-3-1-2-4-7/h5-7H,1-4H2,(H,17,19)(H,18,20). The molecule has 0 aromatic heterocycles. The van der Waals surface area contributed by atoms with E-state index < -0.39 is 35.0 Å². The van der Waals surface area contributed by atoms with Crippen LogP contribution >= 0.6 is 0 Å². The van der Waals surface area contributed by atoms with Crippen LogP contribution in [0.2, 0.25) is 0 Å². The first-order chi connectivity index (χ1) is 9.49. The highest BCUT2D eigenvalue weighted by molar-refractivity contribution is 6.39. The summed E-state index contributed by atoms with van der Waals surface area (Å²) in [6.45, 7) is 0. The lowest BCUT2D eigenvalue weighted by molar-refractivity contribution is -0.136. The number of rotatable bonds is 2. The number of amides is 2. The van der Waals surface area contributed by atoms with Gasteiger partial charge in [-0.05, 0) is 25.0 Å². The van der Waals surface area contributed by atoms with Crippen molar-refractivity contribution in [2.24, 2.45) is 0 Å². The minimum absolute atomic E-state index is 0.0666. The fraction of sp³-hybridized carbons (Fsp3) is 0.385. The summed E-state index contributed by atoms with van der Waals surface area (Å²) in [7, 11) is 0. The van der Waals surface area contributed by atoms with Crippen LogP contribution in [0.1, 0.15) is 25.7 Å². The minimum atomic E-state index is -1.70. The number of benzene rings is 1. The second-order valence-corrected chi connectivity index (χ2v) is 4.63. The summed E-state index contributed by atoms with van der Waals surface area (Å²) in [4.78, 5) is 23.1. The Bertz CT molecular complexity index is 543. The summed E-state index contributed by atoms with van der Waals surface area (Å²) in [6, 6.07) is 1.46. The predicted molar refractivity (Wildman–Crippen MR) is 65.3 cm³/mol. The summed E-state index contributed by atoms with van der Waals surface area (Å²) < 4.78 is 39.0. The minimum Gasteiger partial charge on any atom is -0.345 e. The van der Waals surface area contributed by atoms with E-state index in [9.17, 15) is 22.8 Å². The van der Waals surface area contributed by atoms with Gasteiger partial charge in [-0.2, -0.15) is 0 Å². The van der Waals surface area contributed by atoms with Crippen LogP contribution in [-0.2, 0) is 9.59 Å². The average Bonchev–Trinajstić information content (AvgIpc) is 2.92. The Labute approximate surface area is 113 Å². The van der Waals surface area contributed by atoms with Gasteiger partial charge in [0.15, 0.2) is 17.5 Å². The monoisotopic (exact) mass is 286 g/mol. The molecular formula is C13H13F3N2O2. The number of halogens is 3. The van der Waals surface area contributed by atoms with Crippen molar-refractivity contribution in [3.05, 3.63) is 29.6 Å². The summed E-state index contributed by atoms with van der Waals surface area (Å²) in [6.07, 6.45) is 3.53. The van der Waals surface area contributed by atoms with E-state index in [0.29, 0.717) is 6.07 Å². The first kappa shape index (κ1) is 14.4. The largest absolute Gasteiger partial charge is 0.345 e. The molecule has 1 aliphatic rings. The molecule has 0 aliphatic heterocycles. The quantitative estimate of drug-likeness (QED) is 0.646. The lowest BCUT2D eigenvalue weighted by Crippen LogP contribution is -2.40. The van der Waals surface area contributed by atoms with Gasteiger partial charge in [0.1, 0.15) is 0 Å². The van der Waals surface area contributed by atoms with Crippen LogP contribution < -0.4 is 10.6 Å². The van der Waals surface area contributed by atoms with Gasteiger partial charge in [0, 0.05) is 6.04 Å². The van der Waals surface area contributed by atoms with E-state index in [1.54, 1.807) is 0 Å². The molecule has 1 fully saturated rings. The maximum atomic E-state index is 13.3. The molecule has 1 aromatic carbocycles. The second kappa shape index (κ2) is 5.94. The Kier molecular flexibility index (Phi) is 4.26. The highest BCUT2D eigenvalue weighted by Gasteiger charge is 2.23. The van der Waals surface area contributed by atoms with Crippen LogP contribution in [0, 0.1) is 17.5 Å². The Balaban J connectivity index is 2.00. The smallest absolute Gasteiger partial charge is 0.313 e. The van der Waals surface area contributed by atoms with Crippen molar-refractivity contribution in [3.63, 3.8) is 0 Å². The van der Waals surface area contributed by atoms with E-state index in [0.717, 1.165) is 31.7 Å². The number of carbonyl (C=O) groups excluding carboxylic acids is 2. The third-order valence-electron chi connectivity index (χ3n) is 3.18. The lowest BCUT2D eigenvalue weighted by atomic mass is 10.2. The Morgan fingerprint density at radius 3 is 2.30 bits per heavy atom. The van der Waals surface area contributed by atoms with Crippen molar-refractivity contribution in [2.45, 2.75) is 31.7 Å². The van der Waals surface area contributed by atoms with Gasteiger partial charge in [0.25, 0.3) is 0 Å². The highest BCUT2D eigenvalue weighted by atomic mass is 19.2. The number of anilines is 1.